The normalized spacial score (nSPS) is 22.0. The fourth-order valence-electron chi connectivity index (χ4n) is 2.84. The van der Waals surface area contributed by atoms with Crippen LogP contribution in [-0.4, -0.2) is 51.5 Å². The van der Waals surface area contributed by atoms with Gasteiger partial charge >= 0.3 is 0 Å². The molecule has 0 saturated carbocycles. The molecule has 2 heterocycles. The molecule has 0 unspecified atom stereocenters. The van der Waals surface area contributed by atoms with Gasteiger partial charge in [0.1, 0.15) is 0 Å². The van der Waals surface area contributed by atoms with Crippen molar-refractivity contribution in [1.29, 1.82) is 0 Å². The van der Waals surface area contributed by atoms with Gasteiger partial charge in [0.25, 0.3) is 0 Å². The van der Waals surface area contributed by atoms with E-state index in [9.17, 15) is 5.11 Å². The van der Waals surface area contributed by atoms with Crippen molar-refractivity contribution in [3.8, 4) is 0 Å². The van der Waals surface area contributed by atoms with Crippen molar-refractivity contribution in [2.45, 2.75) is 30.0 Å². The molecule has 23 heavy (non-hydrogen) atoms. The van der Waals surface area contributed by atoms with Crippen molar-refractivity contribution in [3.63, 3.8) is 0 Å². The Balaban J connectivity index is 1.53. The number of thioether (sulfide) groups is 1. The van der Waals surface area contributed by atoms with Crippen LogP contribution < -0.4 is 5.32 Å². The summed E-state index contributed by atoms with van der Waals surface area (Å²) >= 11 is 1.75. The number of piperidine rings is 1. The third-order valence-electron chi connectivity index (χ3n) is 4.11. The van der Waals surface area contributed by atoms with Crippen LogP contribution in [-0.2, 0) is 6.54 Å². The molecule has 0 aliphatic carbocycles. The quantitative estimate of drug-likeness (QED) is 0.820. The Hall–Kier alpha value is -1.63. The summed E-state index contributed by atoms with van der Waals surface area (Å²) in [5.74, 6) is 0.581. The first kappa shape index (κ1) is 16.2. The zero-order valence-corrected chi connectivity index (χ0v) is 14.0. The molecule has 0 spiro atoms. The number of anilines is 1. The van der Waals surface area contributed by atoms with Crippen LogP contribution in [0.3, 0.4) is 0 Å². The summed E-state index contributed by atoms with van der Waals surface area (Å²) < 4.78 is 0. The highest BCUT2D eigenvalue weighted by Gasteiger charge is 2.28. The molecule has 1 saturated heterocycles. The lowest BCUT2D eigenvalue weighted by Crippen LogP contribution is -2.49. The topological polar surface area (TPSA) is 61.3 Å². The molecule has 1 aliphatic rings. The zero-order valence-electron chi connectivity index (χ0n) is 13.2. The Labute approximate surface area is 141 Å². The van der Waals surface area contributed by atoms with Crippen molar-refractivity contribution in [2.75, 3.05) is 24.7 Å². The molecule has 0 amide bonds. The minimum Gasteiger partial charge on any atom is -0.390 e. The van der Waals surface area contributed by atoms with Crippen molar-refractivity contribution < 1.29 is 5.11 Å². The average molecular weight is 330 g/mol. The van der Waals surface area contributed by atoms with E-state index in [0.29, 0.717) is 12.5 Å². The van der Waals surface area contributed by atoms with Gasteiger partial charge in [0.05, 0.1) is 12.1 Å². The summed E-state index contributed by atoms with van der Waals surface area (Å²) in [6.45, 7) is 2.49. The predicted octanol–water partition coefficient (Wildman–Crippen LogP) is 2.25. The second-order valence-electron chi connectivity index (χ2n) is 5.76. The molecule has 122 valence electrons. The van der Waals surface area contributed by atoms with E-state index >= 15 is 0 Å². The first-order chi connectivity index (χ1) is 11.2. The maximum absolute atomic E-state index is 10.4. The molecule has 3 rings (SSSR count). The number of hydrogen-bond acceptors (Lipinski definition) is 6. The van der Waals surface area contributed by atoms with Gasteiger partial charge < -0.3 is 10.4 Å². The molecule has 0 radical (unpaired) electrons. The Morgan fingerprint density at radius 2 is 2.00 bits per heavy atom. The Morgan fingerprint density at radius 1 is 1.26 bits per heavy atom. The van der Waals surface area contributed by atoms with Crippen LogP contribution in [0.4, 0.5) is 5.95 Å². The maximum atomic E-state index is 10.4. The first-order valence-corrected chi connectivity index (χ1v) is 9.04. The minimum absolute atomic E-state index is 0.00696. The van der Waals surface area contributed by atoms with Gasteiger partial charge in [0, 0.05) is 36.9 Å². The van der Waals surface area contributed by atoms with Crippen molar-refractivity contribution in [2.24, 2.45) is 0 Å². The van der Waals surface area contributed by atoms with Gasteiger partial charge in [0.2, 0.25) is 5.95 Å². The van der Waals surface area contributed by atoms with E-state index < -0.39 is 6.10 Å². The van der Waals surface area contributed by atoms with Gasteiger partial charge in [-0.15, -0.1) is 11.8 Å². The minimum atomic E-state index is -0.418. The number of nitrogens with zero attached hydrogens (tertiary/aromatic N) is 3. The van der Waals surface area contributed by atoms with Gasteiger partial charge in [-0.1, -0.05) is 12.1 Å². The summed E-state index contributed by atoms with van der Waals surface area (Å²) in [6.07, 6.45) is 5.95. The van der Waals surface area contributed by atoms with Crippen LogP contribution in [0.5, 0.6) is 0 Å². The summed E-state index contributed by atoms with van der Waals surface area (Å²) in [7, 11) is 0. The number of aliphatic hydroxyl groups excluding tert-OH is 1. The number of rotatable bonds is 5. The first-order valence-electron chi connectivity index (χ1n) is 7.81. The molecule has 1 fully saturated rings. The van der Waals surface area contributed by atoms with Crippen LogP contribution >= 0.6 is 11.8 Å². The van der Waals surface area contributed by atoms with Crippen molar-refractivity contribution >= 4 is 17.7 Å². The summed E-state index contributed by atoms with van der Waals surface area (Å²) in [5.41, 5.74) is 1.29. The number of aliphatic hydroxyl groups is 1. The third kappa shape index (κ3) is 4.43. The van der Waals surface area contributed by atoms with Crippen LogP contribution in [0.1, 0.15) is 12.0 Å². The van der Waals surface area contributed by atoms with E-state index in [2.05, 4.69) is 50.7 Å². The lowest BCUT2D eigenvalue weighted by molar-refractivity contribution is 0.0559. The van der Waals surface area contributed by atoms with E-state index in [1.165, 1.54) is 10.5 Å². The number of nitrogens with one attached hydrogen (secondary N) is 1. The molecular weight excluding hydrogens is 308 g/mol. The van der Waals surface area contributed by atoms with E-state index in [1.54, 1.807) is 30.2 Å². The van der Waals surface area contributed by atoms with Gasteiger partial charge in [0.15, 0.2) is 0 Å². The van der Waals surface area contributed by atoms with E-state index in [-0.39, 0.29) is 6.04 Å². The Morgan fingerprint density at radius 3 is 2.65 bits per heavy atom. The number of likely N-dealkylation sites (tertiary alicyclic amines) is 1. The standard InChI is InChI=1S/C17H22N4OS/c1-23-14-5-3-13(4-6-14)11-21-10-7-15(16(22)12-21)20-17-18-8-2-9-19-17/h2-6,8-9,15-16,22H,7,10-12H2,1H3,(H,18,19,20)/t15-,16-/m1/s1. The lowest BCUT2D eigenvalue weighted by Gasteiger charge is -2.36. The highest BCUT2D eigenvalue weighted by atomic mass is 32.2. The highest BCUT2D eigenvalue weighted by molar-refractivity contribution is 7.98. The molecule has 1 aliphatic heterocycles. The van der Waals surface area contributed by atoms with Gasteiger partial charge in [-0.05, 0) is 36.4 Å². The average Bonchev–Trinajstić information content (AvgIpc) is 2.59. The predicted molar refractivity (Wildman–Crippen MR) is 93.6 cm³/mol. The largest absolute Gasteiger partial charge is 0.390 e. The number of aromatic nitrogens is 2. The Kier molecular flexibility index (Phi) is 5.48. The van der Waals surface area contributed by atoms with Crippen LogP contribution in [0.15, 0.2) is 47.6 Å². The molecule has 6 heteroatoms. The number of hydrogen-bond donors (Lipinski definition) is 2. The zero-order chi connectivity index (χ0) is 16.1. The molecule has 2 atom stereocenters. The van der Waals surface area contributed by atoms with Gasteiger partial charge in [-0.2, -0.15) is 0 Å². The smallest absolute Gasteiger partial charge is 0.222 e. The number of benzene rings is 1. The van der Waals surface area contributed by atoms with Crippen molar-refractivity contribution in [1.82, 2.24) is 14.9 Å². The molecule has 1 aromatic carbocycles. The SMILES string of the molecule is CSc1ccc(CN2CC[C@@H](Nc3ncccn3)[C@H](O)C2)cc1. The van der Waals surface area contributed by atoms with Crippen molar-refractivity contribution in [3.05, 3.63) is 48.3 Å². The second-order valence-corrected chi connectivity index (χ2v) is 6.64. The third-order valence-corrected chi connectivity index (χ3v) is 4.86. The molecular formula is C17H22N4OS. The molecule has 1 aromatic heterocycles. The van der Waals surface area contributed by atoms with Gasteiger partial charge in [-0.3, -0.25) is 4.90 Å². The molecule has 2 N–H and O–H groups in total. The summed E-state index contributed by atoms with van der Waals surface area (Å²) in [5, 5.41) is 13.6. The van der Waals surface area contributed by atoms with Crippen LogP contribution in [0, 0.1) is 0 Å². The summed E-state index contributed by atoms with van der Waals surface area (Å²) in [6, 6.07) is 10.4. The van der Waals surface area contributed by atoms with E-state index in [1.807, 2.05) is 0 Å². The highest BCUT2D eigenvalue weighted by Crippen LogP contribution is 2.19. The lowest BCUT2D eigenvalue weighted by atomic mass is 10.0. The fraction of sp³-hybridized carbons (Fsp3) is 0.412. The molecule has 0 bridgehead atoms. The monoisotopic (exact) mass is 330 g/mol. The van der Waals surface area contributed by atoms with Crippen LogP contribution in [0.25, 0.3) is 0 Å². The van der Waals surface area contributed by atoms with E-state index in [4.69, 9.17) is 0 Å². The fourth-order valence-corrected chi connectivity index (χ4v) is 3.25. The Bertz CT molecular complexity index is 608. The van der Waals surface area contributed by atoms with Crippen LogP contribution in [0.2, 0.25) is 0 Å². The van der Waals surface area contributed by atoms with E-state index in [0.717, 1.165) is 19.5 Å². The maximum Gasteiger partial charge on any atom is 0.222 e. The second kappa shape index (κ2) is 7.77. The summed E-state index contributed by atoms with van der Waals surface area (Å²) in [4.78, 5) is 11.9. The van der Waals surface area contributed by atoms with Gasteiger partial charge in [-0.25, -0.2) is 9.97 Å². The molecule has 2 aromatic rings. The molecule has 5 nitrogen and oxygen atoms in total. The number of β-amino-alcohol motifs (C(OH)–C–C–N with tert-alkyl or cyclic N) is 1.